The zero-order chi connectivity index (χ0) is 34.6. The summed E-state index contributed by atoms with van der Waals surface area (Å²) in [6.45, 7) is 8.53. The van der Waals surface area contributed by atoms with Gasteiger partial charge < -0.3 is 21.1 Å². The van der Waals surface area contributed by atoms with Crippen molar-refractivity contribution in [2.45, 2.75) is 82.6 Å². The number of nitrogens with zero attached hydrogens (tertiary/aromatic N) is 4. The third-order valence-corrected chi connectivity index (χ3v) is 7.67. The number of amides is 3. The van der Waals surface area contributed by atoms with Crippen LogP contribution in [-0.4, -0.2) is 73.4 Å². The van der Waals surface area contributed by atoms with E-state index in [2.05, 4.69) is 31.5 Å². The number of aliphatic carboxylic acids is 1. The fourth-order valence-electron chi connectivity index (χ4n) is 3.54. The molecule has 0 aliphatic carbocycles. The number of ketones is 1. The van der Waals surface area contributed by atoms with E-state index in [1.54, 1.807) is 18.2 Å². The lowest BCUT2D eigenvalue weighted by atomic mass is 10.1. The minimum absolute atomic E-state index is 0.158. The van der Waals surface area contributed by atoms with Crippen LogP contribution in [0.15, 0.2) is 58.6 Å². The number of hydrogen-bond donors (Lipinski definition) is 4. The highest BCUT2D eigenvalue weighted by Crippen LogP contribution is 2.37. The van der Waals surface area contributed by atoms with Crippen molar-refractivity contribution in [2.24, 2.45) is 0 Å². The number of halogens is 2. The number of nitrogens with one attached hydrogen (secondary N) is 3. The summed E-state index contributed by atoms with van der Waals surface area (Å²) in [5, 5.41) is 28.6. The Balaban J connectivity index is 0.00000254. The first kappa shape index (κ1) is 40.0. The highest BCUT2D eigenvalue weighted by atomic mass is 35.5. The van der Waals surface area contributed by atoms with E-state index in [4.69, 9.17) is 23.2 Å². The van der Waals surface area contributed by atoms with E-state index in [9.17, 15) is 29.1 Å². The third-order valence-electron chi connectivity index (χ3n) is 5.70. The molecule has 1 aromatic heterocycles. The quantitative estimate of drug-likeness (QED) is 0.181. The average molecular weight is 697 g/mol. The van der Waals surface area contributed by atoms with Crippen molar-refractivity contribution in [1.29, 1.82) is 0 Å². The highest BCUT2D eigenvalue weighted by Gasteiger charge is 2.28. The standard InChI is InChI=1S/C26H27Cl2N7O6S.2C2H6/c1-15(30-22(38)13-29-21(37)11-10-16-6-3-2-4-7-16)25(41)31-19(12-23(39)40)20(36)14-35-26(32-33-34-35)42-24-17(27)8-5-9-18(24)28;2*1-2/h2-9,15,19H,10-14H2,1H3,(H,29,37)(H,30,38)(H,31,41)(H,39,40);2*1-2H3. The number of hydrogen-bond acceptors (Lipinski definition) is 9. The van der Waals surface area contributed by atoms with E-state index in [1.807, 2.05) is 58.0 Å². The maximum Gasteiger partial charge on any atom is 0.305 e. The Hall–Kier alpha value is -4.01. The Morgan fingerprint density at radius 2 is 1.54 bits per heavy atom. The van der Waals surface area contributed by atoms with Crippen LogP contribution in [0.5, 0.6) is 0 Å². The zero-order valence-electron chi connectivity index (χ0n) is 26.3. The Morgan fingerprint density at radius 3 is 2.15 bits per heavy atom. The molecule has 0 radical (unpaired) electrons. The lowest BCUT2D eigenvalue weighted by Crippen LogP contribution is -2.52. The van der Waals surface area contributed by atoms with Gasteiger partial charge in [0.1, 0.15) is 12.6 Å². The van der Waals surface area contributed by atoms with E-state index >= 15 is 0 Å². The summed E-state index contributed by atoms with van der Waals surface area (Å²) in [6.07, 6.45) is -0.0341. The predicted octanol–water partition coefficient (Wildman–Crippen LogP) is 3.97. The predicted molar refractivity (Wildman–Crippen MR) is 176 cm³/mol. The van der Waals surface area contributed by atoms with Crippen molar-refractivity contribution < 1.29 is 29.1 Å². The molecule has 250 valence electrons. The van der Waals surface area contributed by atoms with Gasteiger partial charge in [0.25, 0.3) is 0 Å². The van der Waals surface area contributed by atoms with Gasteiger partial charge in [0.15, 0.2) is 5.78 Å². The second kappa shape index (κ2) is 21.7. The molecule has 3 amide bonds. The number of carbonyl (C=O) groups excluding carboxylic acids is 4. The number of carboxylic acid groups (broad SMARTS) is 1. The maximum atomic E-state index is 13.0. The van der Waals surface area contributed by atoms with Gasteiger partial charge in [0.2, 0.25) is 22.9 Å². The Labute approximate surface area is 282 Å². The number of carboxylic acids is 1. The molecule has 0 bridgehead atoms. The van der Waals surface area contributed by atoms with E-state index in [-0.39, 0.29) is 24.0 Å². The number of aryl methyl sites for hydroxylation is 1. The fourth-order valence-corrected chi connectivity index (χ4v) is 4.97. The summed E-state index contributed by atoms with van der Waals surface area (Å²) in [5.74, 6) is -3.81. The van der Waals surface area contributed by atoms with Crippen LogP contribution in [0.25, 0.3) is 0 Å². The smallest absolute Gasteiger partial charge is 0.305 e. The zero-order valence-corrected chi connectivity index (χ0v) is 28.6. The summed E-state index contributed by atoms with van der Waals surface area (Å²) in [7, 11) is 0. The number of carbonyl (C=O) groups is 5. The van der Waals surface area contributed by atoms with Gasteiger partial charge in [0, 0.05) is 6.42 Å². The molecule has 1 heterocycles. The number of Topliss-reactive ketones (excluding diaryl/α,β-unsaturated/α-hetero) is 1. The molecular formula is C30H39Cl2N7O6S. The minimum Gasteiger partial charge on any atom is -0.481 e. The summed E-state index contributed by atoms with van der Waals surface area (Å²) in [6, 6.07) is 11.7. The van der Waals surface area contributed by atoms with Crippen molar-refractivity contribution in [2.75, 3.05) is 6.54 Å². The van der Waals surface area contributed by atoms with E-state index < -0.39 is 48.6 Å². The van der Waals surface area contributed by atoms with E-state index in [1.165, 1.54) is 6.92 Å². The van der Waals surface area contributed by atoms with Crippen molar-refractivity contribution >= 4 is 64.4 Å². The second-order valence-corrected chi connectivity index (χ2v) is 10.7. The van der Waals surface area contributed by atoms with Crippen LogP contribution in [0, 0.1) is 0 Å². The lowest BCUT2D eigenvalue weighted by molar-refractivity contribution is -0.140. The van der Waals surface area contributed by atoms with E-state index in [0.29, 0.717) is 21.4 Å². The van der Waals surface area contributed by atoms with Crippen LogP contribution in [0.3, 0.4) is 0 Å². The summed E-state index contributed by atoms with van der Waals surface area (Å²) >= 11 is 13.4. The van der Waals surface area contributed by atoms with Crippen LogP contribution in [0.1, 0.15) is 53.0 Å². The average Bonchev–Trinajstić information content (AvgIpc) is 3.48. The van der Waals surface area contributed by atoms with Gasteiger partial charge in [-0.1, -0.05) is 87.3 Å². The summed E-state index contributed by atoms with van der Waals surface area (Å²) in [4.78, 5) is 61.9. The highest BCUT2D eigenvalue weighted by molar-refractivity contribution is 7.99. The summed E-state index contributed by atoms with van der Waals surface area (Å²) < 4.78 is 1.12. The minimum atomic E-state index is -1.45. The molecule has 0 spiro atoms. The first-order chi connectivity index (χ1) is 22.0. The van der Waals surface area contributed by atoms with Crippen LogP contribution in [0.4, 0.5) is 0 Å². The molecule has 3 rings (SSSR count). The molecule has 13 nitrogen and oxygen atoms in total. The fraction of sp³-hybridized carbons (Fsp3) is 0.400. The molecule has 3 aromatic rings. The second-order valence-electron chi connectivity index (χ2n) is 8.95. The van der Waals surface area contributed by atoms with Crippen LogP contribution < -0.4 is 16.0 Å². The SMILES string of the molecule is CC.CC.CC(NC(=O)CNC(=O)CCc1ccccc1)C(=O)NC(CC(=O)O)C(=O)Cn1nnnc1Sc1c(Cl)cccc1Cl. The number of tetrazole rings is 1. The lowest BCUT2D eigenvalue weighted by Gasteiger charge is -2.20. The Bertz CT molecular complexity index is 1420. The molecule has 2 atom stereocenters. The molecule has 0 saturated heterocycles. The van der Waals surface area contributed by atoms with Gasteiger partial charge in [0.05, 0.1) is 33.9 Å². The maximum absolute atomic E-state index is 13.0. The third kappa shape index (κ3) is 14.0. The first-order valence-electron chi connectivity index (χ1n) is 14.6. The van der Waals surface area contributed by atoms with Crippen molar-refractivity contribution in [3.8, 4) is 0 Å². The van der Waals surface area contributed by atoms with Crippen molar-refractivity contribution in [3.63, 3.8) is 0 Å². The molecular weight excluding hydrogens is 657 g/mol. The molecule has 0 aliphatic heterocycles. The molecule has 0 aliphatic rings. The van der Waals surface area contributed by atoms with Gasteiger partial charge in [-0.3, -0.25) is 24.0 Å². The number of rotatable bonds is 15. The molecule has 0 saturated carbocycles. The largest absolute Gasteiger partial charge is 0.481 e. The molecule has 2 unspecified atom stereocenters. The molecule has 16 heteroatoms. The van der Waals surface area contributed by atoms with Crippen LogP contribution >= 0.6 is 35.0 Å². The van der Waals surface area contributed by atoms with Gasteiger partial charge >= 0.3 is 5.97 Å². The normalized spacial score (nSPS) is 11.4. The number of benzene rings is 2. The Morgan fingerprint density at radius 1 is 0.913 bits per heavy atom. The number of aromatic nitrogens is 4. The van der Waals surface area contributed by atoms with E-state index in [0.717, 1.165) is 22.0 Å². The first-order valence-corrected chi connectivity index (χ1v) is 16.1. The molecule has 2 aromatic carbocycles. The van der Waals surface area contributed by atoms with Crippen molar-refractivity contribution in [3.05, 3.63) is 64.1 Å². The van der Waals surface area contributed by atoms with Gasteiger partial charge in [-0.15, -0.1) is 5.10 Å². The van der Waals surface area contributed by atoms with Gasteiger partial charge in [-0.25, -0.2) is 4.68 Å². The van der Waals surface area contributed by atoms with Crippen LogP contribution in [0.2, 0.25) is 10.0 Å². The van der Waals surface area contributed by atoms with Crippen molar-refractivity contribution in [1.82, 2.24) is 36.2 Å². The Kier molecular flexibility index (Phi) is 18.9. The summed E-state index contributed by atoms with van der Waals surface area (Å²) in [5.41, 5.74) is 0.980. The van der Waals surface area contributed by atoms with Gasteiger partial charge in [-0.05, 0) is 53.2 Å². The topological polar surface area (TPSA) is 185 Å². The molecule has 0 fully saturated rings. The molecule has 4 N–H and O–H groups in total. The van der Waals surface area contributed by atoms with Crippen LogP contribution in [-0.2, 0) is 36.9 Å². The monoisotopic (exact) mass is 695 g/mol. The molecule has 46 heavy (non-hydrogen) atoms. The van der Waals surface area contributed by atoms with Gasteiger partial charge in [-0.2, -0.15) is 0 Å².